The van der Waals surface area contributed by atoms with Crippen molar-refractivity contribution in [1.29, 1.82) is 0 Å². The molecule has 0 bridgehead atoms. The standard InChI is InChI=1S/C14H22N2O2S/c1-9-8-10(2)14(12(4)13(9)15)19(17,18)16-7-5-6-11(16)3/h8,11H,5-7,15H2,1-4H3. The number of benzene rings is 1. The Kier molecular flexibility index (Phi) is 3.62. The van der Waals surface area contributed by atoms with Gasteiger partial charge in [-0.05, 0) is 57.2 Å². The molecule has 1 saturated heterocycles. The molecule has 1 aromatic carbocycles. The van der Waals surface area contributed by atoms with E-state index in [4.69, 9.17) is 5.73 Å². The lowest BCUT2D eigenvalue weighted by Gasteiger charge is -2.24. The topological polar surface area (TPSA) is 63.4 Å². The van der Waals surface area contributed by atoms with Crippen LogP contribution in [0, 0.1) is 20.8 Å². The van der Waals surface area contributed by atoms with Crippen molar-refractivity contribution >= 4 is 15.7 Å². The first-order valence-corrected chi connectivity index (χ1v) is 8.09. The van der Waals surface area contributed by atoms with Gasteiger partial charge in [-0.3, -0.25) is 0 Å². The van der Waals surface area contributed by atoms with E-state index >= 15 is 0 Å². The number of rotatable bonds is 2. The van der Waals surface area contributed by atoms with Crippen molar-refractivity contribution in [3.63, 3.8) is 0 Å². The summed E-state index contributed by atoms with van der Waals surface area (Å²) in [6.45, 7) is 8.11. The van der Waals surface area contributed by atoms with E-state index in [2.05, 4.69) is 0 Å². The molecule has 1 aliphatic rings. The number of anilines is 1. The highest BCUT2D eigenvalue weighted by Gasteiger charge is 2.35. The summed E-state index contributed by atoms with van der Waals surface area (Å²) in [4.78, 5) is 0.393. The van der Waals surface area contributed by atoms with E-state index < -0.39 is 10.0 Å². The van der Waals surface area contributed by atoms with E-state index in [1.807, 2.05) is 26.8 Å². The van der Waals surface area contributed by atoms with E-state index in [-0.39, 0.29) is 6.04 Å². The Balaban J connectivity index is 2.62. The second-order valence-corrected chi connectivity index (χ2v) is 7.31. The minimum absolute atomic E-state index is 0.0753. The van der Waals surface area contributed by atoms with Crippen LogP contribution < -0.4 is 5.73 Å². The Morgan fingerprint density at radius 1 is 1.26 bits per heavy atom. The zero-order valence-corrected chi connectivity index (χ0v) is 12.8. The average Bonchev–Trinajstić information content (AvgIpc) is 2.73. The molecule has 1 heterocycles. The predicted octanol–water partition coefficient (Wildman–Crippen LogP) is 2.37. The Hall–Kier alpha value is -1.07. The molecular weight excluding hydrogens is 260 g/mol. The fourth-order valence-corrected chi connectivity index (χ4v) is 5.11. The van der Waals surface area contributed by atoms with Gasteiger partial charge in [-0.2, -0.15) is 4.31 Å². The number of hydrogen-bond donors (Lipinski definition) is 1. The van der Waals surface area contributed by atoms with Crippen molar-refractivity contribution in [1.82, 2.24) is 4.31 Å². The van der Waals surface area contributed by atoms with Crippen LogP contribution in [-0.2, 0) is 10.0 Å². The molecule has 2 rings (SSSR count). The molecule has 4 nitrogen and oxygen atoms in total. The Labute approximate surface area is 115 Å². The second-order valence-electron chi connectivity index (χ2n) is 5.49. The van der Waals surface area contributed by atoms with Crippen molar-refractivity contribution in [2.24, 2.45) is 0 Å². The minimum atomic E-state index is -3.44. The molecular formula is C14H22N2O2S. The molecule has 106 valence electrons. The van der Waals surface area contributed by atoms with Crippen molar-refractivity contribution in [3.05, 3.63) is 22.8 Å². The zero-order chi connectivity index (χ0) is 14.4. The number of hydrogen-bond acceptors (Lipinski definition) is 3. The average molecular weight is 282 g/mol. The lowest BCUT2D eigenvalue weighted by molar-refractivity contribution is 0.408. The molecule has 1 aliphatic heterocycles. The first kappa shape index (κ1) is 14.3. The molecule has 1 atom stereocenters. The number of nitrogens with two attached hydrogens (primary N) is 1. The summed E-state index contributed by atoms with van der Waals surface area (Å²) in [7, 11) is -3.44. The van der Waals surface area contributed by atoms with Gasteiger partial charge in [-0.1, -0.05) is 6.07 Å². The molecule has 0 amide bonds. The first-order chi connectivity index (χ1) is 8.76. The van der Waals surface area contributed by atoms with Crippen LogP contribution in [0.4, 0.5) is 5.69 Å². The smallest absolute Gasteiger partial charge is 0.243 e. The Morgan fingerprint density at radius 2 is 1.89 bits per heavy atom. The Bertz CT molecular complexity index is 608. The first-order valence-electron chi connectivity index (χ1n) is 6.65. The summed E-state index contributed by atoms with van der Waals surface area (Å²) in [6.07, 6.45) is 1.86. The number of nitrogen functional groups attached to an aromatic ring is 1. The van der Waals surface area contributed by atoms with E-state index in [9.17, 15) is 8.42 Å². The summed E-state index contributed by atoms with van der Waals surface area (Å²) < 4.78 is 27.2. The van der Waals surface area contributed by atoms with Gasteiger partial charge < -0.3 is 5.73 Å². The molecule has 0 saturated carbocycles. The van der Waals surface area contributed by atoms with Gasteiger partial charge in [0.1, 0.15) is 0 Å². The van der Waals surface area contributed by atoms with E-state index in [1.165, 1.54) is 0 Å². The minimum Gasteiger partial charge on any atom is -0.398 e. The highest BCUT2D eigenvalue weighted by molar-refractivity contribution is 7.89. The highest BCUT2D eigenvalue weighted by Crippen LogP contribution is 2.33. The van der Waals surface area contributed by atoms with Crippen LogP contribution in [0.1, 0.15) is 36.5 Å². The van der Waals surface area contributed by atoms with Crippen molar-refractivity contribution in [2.45, 2.75) is 51.5 Å². The van der Waals surface area contributed by atoms with Gasteiger partial charge in [0.25, 0.3) is 0 Å². The van der Waals surface area contributed by atoms with E-state index in [0.29, 0.717) is 22.7 Å². The van der Waals surface area contributed by atoms with Gasteiger partial charge >= 0.3 is 0 Å². The van der Waals surface area contributed by atoms with Crippen molar-refractivity contribution in [2.75, 3.05) is 12.3 Å². The van der Waals surface area contributed by atoms with Crippen molar-refractivity contribution < 1.29 is 8.42 Å². The van der Waals surface area contributed by atoms with Gasteiger partial charge in [0.2, 0.25) is 10.0 Å². The maximum Gasteiger partial charge on any atom is 0.243 e. The van der Waals surface area contributed by atoms with Crippen LogP contribution in [0.2, 0.25) is 0 Å². The van der Waals surface area contributed by atoms with Gasteiger partial charge in [0, 0.05) is 18.3 Å². The van der Waals surface area contributed by atoms with Crippen molar-refractivity contribution in [3.8, 4) is 0 Å². The van der Waals surface area contributed by atoms with Crippen LogP contribution in [0.25, 0.3) is 0 Å². The molecule has 1 aromatic rings. The molecule has 1 fully saturated rings. The summed E-state index contributed by atoms with van der Waals surface area (Å²) in [6, 6.07) is 1.93. The van der Waals surface area contributed by atoms with Crippen LogP contribution in [0.3, 0.4) is 0 Å². The third kappa shape index (κ3) is 2.25. The number of aryl methyl sites for hydroxylation is 2. The SMILES string of the molecule is Cc1cc(C)c(S(=O)(=O)N2CCCC2C)c(C)c1N. The van der Waals surface area contributed by atoms with Crippen LogP contribution >= 0.6 is 0 Å². The van der Waals surface area contributed by atoms with Crippen LogP contribution in [0.5, 0.6) is 0 Å². The fourth-order valence-electron chi connectivity index (χ4n) is 2.96. The molecule has 5 heteroatoms. The molecule has 0 radical (unpaired) electrons. The number of nitrogens with zero attached hydrogens (tertiary/aromatic N) is 1. The van der Waals surface area contributed by atoms with Gasteiger partial charge in [0.15, 0.2) is 0 Å². The van der Waals surface area contributed by atoms with Crippen LogP contribution in [0.15, 0.2) is 11.0 Å². The third-order valence-corrected chi connectivity index (χ3v) is 6.32. The quantitative estimate of drug-likeness (QED) is 0.847. The maximum absolute atomic E-state index is 12.8. The van der Waals surface area contributed by atoms with Gasteiger partial charge in [-0.25, -0.2) is 8.42 Å². The second kappa shape index (κ2) is 4.80. The molecule has 0 spiro atoms. The maximum atomic E-state index is 12.8. The number of sulfonamides is 1. The van der Waals surface area contributed by atoms with Crippen LogP contribution in [-0.4, -0.2) is 25.3 Å². The highest BCUT2D eigenvalue weighted by atomic mass is 32.2. The van der Waals surface area contributed by atoms with E-state index in [1.54, 1.807) is 11.2 Å². The molecule has 2 N–H and O–H groups in total. The summed E-state index contributed by atoms with van der Waals surface area (Å²) in [5, 5.41) is 0. The lowest BCUT2D eigenvalue weighted by Crippen LogP contribution is -2.34. The molecule has 0 aromatic heterocycles. The summed E-state index contributed by atoms with van der Waals surface area (Å²) in [5.41, 5.74) is 8.97. The predicted molar refractivity (Wildman–Crippen MR) is 77.7 cm³/mol. The monoisotopic (exact) mass is 282 g/mol. The van der Waals surface area contributed by atoms with Gasteiger partial charge in [-0.15, -0.1) is 0 Å². The largest absolute Gasteiger partial charge is 0.398 e. The fraction of sp³-hybridized carbons (Fsp3) is 0.571. The Morgan fingerprint density at radius 3 is 2.42 bits per heavy atom. The molecule has 1 unspecified atom stereocenters. The normalized spacial score (nSPS) is 20.9. The summed E-state index contributed by atoms with van der Waals surface area (Å²) in [5.74, 6) is 0. The molecule has 19 heavy (non-hydrogen) atoms. The molecule has 0 aliphatic carbocycles. The zero-order valence-electron chi connectivity index (χ0n) is 12.0. The summed E-state index contributed by atoms with van der Waals surface area (Å²) >= 11 is 0. The van der Waals surface area contributed by atoms with E-state index in [0.717, 1.165) is 24.0 Å². The lowest BCUT2D eigenvalue weighted by atomic mass is 10.1. The van der Waals surface area contributed by atoms with Gasteiger partial charge in [0.05, 0.1) is 4.90 Å². The third-order valence-electron chi connectivity index (χ3n) is 4.02.